The average molecular weight is 520 g/mol. The Morgan fingerprint density at radius 2 is 1.54 bits per heavy atom. The lowest BCUT2D eigenvalue weighted by Crippen LogP contribution is -2.49. The van der Waals surface area contributed by atoms with Crippen molar-refractivity contribution in [3.05, 3.63) is 58.7 Å². The maximum atomic E-state index is 14.1. The van der Waals surface area contributed by atoms with Crippen molar-refractivity contribution in [1.82, 2.24) is 0 Å². The molecular formula is C30H39N2O4Si. The van der Waals surface area contributed by atoms with Gasteiger partial charge in [0.05, 0.1) is 16.9 Å². The fourth-order valence-corrected chi connectivity index (χ4v) is 8.11. The molecule has 4 aliphatic carbocycles. The average Bonchev–Trinajstić information content (AvgIpc) is 2.80. The molecule has 4 aliphatic rings. The highest BCUT2D eigenvalue weighted by molar-refractivity contribution is 6.49. The predicted molar refractivity (Wildman–Crippen MR) is 148 cm³/mol. The maximum Gasteiger partial charge on any atom is 0.335 e. The van der Waals surface area contributed by atoms with Crippen molar-refractivity contribution >= 4 is 32.3 Å². The first-order valence-corrected chi connectivity index (χ1v) is 15.9. The van der Waals surface area contributed by atoms with Gasteiger partial charge in [-0.1, -0.05) is 26.8 Å². The standard InChI is InChI=1S/C30H39N2O4Si/c1-29(2,3)23-8-6-21(13-24(23)30-15-18-10-19(16-30)12-20(11-18)17-30)27(33)32(36-37(4)5)26-14-22(28(34)35)7-9-25(26)31/h6-9,13-14,18-20H,10-12,15-17,31H2,1-5H3,(H,34,35). The van der Waals surface area contributed by atoms with Gasteiger partial charge in [0.15, 0.2) is 0 Å². The predicted octanol–water partition coefficient (Wildman–Crippen LogP) is 6.56. The van der Waals surface area contributed by atoms with E-state index in [-0.39, 0.29) is 28.0 Å². The van der Waals surface area contributed by atoms with Crippen LogP contribution >= 0.6 is 0 Å². The third-order valence-electron chi connectivity index (χ3n) is 8.64. The minimum atomic E-state index is -1.36. The topological polar surface area (TPSA) is 92.9 Å². The van der Waals surface area contributed by atoms with Crippen molar-refractivity contribution in [2.75, 3.05) is 10.8 Å². The largest absolute Gasteiger partial charge is 0.478 e. The molecule has 0 atom stereocenters. The number of carbonyl (C=O) groups excluding carboxylic acids is 1. The lowest BCUT2D eigenvalue weighted by Gasteiger charge is -2.58. The number of anilines is 2. The van der Waals surface area contributed by atoms with Gasteiger partial charge in [-0.15, -0.1) is 0 Å². The number of benzene rings is 2. The van der Waals surface area contributed by atoms with Crippen molar-refractivity contribution in [2.24, 2.45) is 17.8 Å². The Morgan fingerprint density at radius 3 is 2.05 bits per heavy atom. The molecule has 2 aromatic rings. The molecule has 197 valence electrons. The molecule has 4 bridgehead atoms. The van der Waals surface area contributed by atoms with E-state index in [1.54, 1.807) is 0 Å². The number of hydroxylamine groups is 1. The molecule has 0 unspecified atom stereocenters. The Morgan fingerprint density at radius 1 is 0.973 bits per heavy atom. The molecule has 0 aliphatic heterocycles. The molecular weight excluding hydrogens is 480 g/mol. The Hall–Kier alpha value is -2.64. The summed E-state index contributed by atoms with van der Waals surface area (Å²) >= 11 is 0. The van der Waals surface area contributed by atoms with Crippen LogP contribution in [0.5, 0.6) is 0 Å². The summed E-state index contributed by atoms with van der Waals surface area (Å²) in [7, 11) is -1.36. The van der Waals surface area contributed by atoms with Gasteiger partial charge in [0.25, 0.3) is 5.91 Å². The summed E-state index contributed by atoms with van der Waals surface area (Å²) in [5.74, 6) is 0.990. The zero-order chi connectivity index (χ0) is 26.7. The molecule has 0 aromatic heterocycles. The molecule has 4 fully saturated rings. The van der Waals surface area contributed by atoms with Crippen molar-refractivity contribution in [3.8, 4) is 0 Å². The molecule has 2 aromatic carbocycles. The second-order valence-corrected chi connectivity index (χ2v) is 14.9. The Balaban J connectivity index is 1.60. The van der Waals surface area contributed by atoms with Crippen LogP contribution < -0.4 is 10.8 Å². The van der Waals surface area contributed by atoms with E-state index in [9.17, 15) is 14.7 Å². The van der Waals surface area contributed by atoms with Crippen LogP contribution in [-0.2, 0) is 15.4 Å². The third-order valence-corrected chi connectivity index (χ3v) is 9.19. The minimum Gasteiger partial charge on any atom is -0.478 e. The quantitative estimate of drug-likeness (QED) is 0.256. The SMILES string of the molecule is C[Si](C)ON(C(=O)c1ccc(C(C)(C)C)c(C23CC4CC(CC(C4)C2)C3)c1)c1cc(C(=O)O)ccc1N. The summed E-state index contributed by atoms with van der Waals surface area (Å²) in [5.41, 5.74) is 10.2. The van der Waals surface area contributed by atoms with Crippen molar-refractivity contribution in [3.63, 3.8) is 0 Å². The summed E-state index contributed by atoms with van der Waals surface area (Å²) in [6.45, 7) is 10.6. The second kappa shape index (κ2) is 9.28. The number of nitrogens with two attached hydrogens (primary N) is 1. The van der Waals surface area contributed by atoms with Gasteiger partial charge in [0.2, 0.25) is 9.04 Å². The summed E-state index contributed by atoms with van der Waals surface area (Å²) in [6.07, 6.45) is 7.73. The van der Waals surface area contributed by atoms with E-state index in [4.69, 9.17) is 10.3 Å². The van der Waals surface area contributed by atoms with Crippen molar-refractivity contribution < 1.29 is 19.2 Å². The van der Waals surface area contributed by atoms with Crippen LogP contribution in [-0.4, -0.2) is 26.0 Å². The van der Waals surface area contributed by atoms with E-state index in [2.05, 4.69) is 32.9 Å². The number of carbonyl (C=O) groups is 2. The molecule has 3 N–H and O–H groups in total. The van der Waals surface area contributed by atoms with E-state index >= 15 is 0 Å². The normalized spacial score (nSPS) is 26.5. The van der Waals surface area contributed by atoms with Crippen LogP contribution in [0.15, 0.2) is 36.4 Å². The van der Waals surface area contributed by atoms with Crippen LogP contribution in [0.1, 0.15) is 91.1 Å². The Kier molecular flexibility index (Phi) is 6.51. The number of hydrogen-bond donors (Lipinski definition) is 2. The molecule has 7 heteroatoms. The lowest BCUT2D eigenvalue weighted by molar-refractivity contribution is -0.00595. The first kappa shape index (κ1) is 26.0. The second-order valence-electron chi connectivity index (χ2n) is 12.9. The fraction of sp³-hybridized carbons (Fsp3) is 0.533. The Bertz CT molecular complexity index is 1200. The molecule has 0 spiro atoms. The number of nitrogen functional groups attached to an aromatic ring is 1. The van der Waals surface area contributed by atoms with Crippen LogP contribution in [0.4, 0.5) is 11.4 Å². The summed E-state index contributed by atoms with van der Waals surface area (Å²) in [6, 6.07) is 10.5. The monoisotopic (exact) mass is 519 g/mol. The van der Waals surface area contributed by atoms with Gasteiger partial charge in [0.1, 0.15) is 0 Å². The number of carboxylic acid groups (broad SMARTS) is 1. The van der Waals surface area contributed by atoms with E-state index in [0.717, 1.165) is 17.8 Å². The summed E-state index contributed by atoms with van der Waals surface area (Å²) in [5, 5.41) is 10.8. The van der Waals surface area contributed by atoms with Gasteiger partial charge < -0.3 is 15.4 Å². The fourth-order valence-electron chi connectivity index (χ4n) is 7.56. The van der Waals surface area contributed by atoms with Gasteiger partial charge in [-0.05, 0) is 122 Å². The zero-order valence-electron chi connectivity index (χ0n) is 22.6. The van der Waals surface area contributed by atoms with Gasteiger partial charge in [-0.2, -0.15) is 5.06 Å². The van der Waals surface area contributed by atoms with Gasteiger partial charge in [-0.3, -0.25) is 4.79 Å². The third kappa shape index (κ3) is 4.84. The summed E-state index contributed by atoms with van der Waals surface area (Å²) in [4.78, 5) is 25.7. The molecule has 37 heavy (non-hydrogen) atoms. The van der Waals surface area contributed by atoms with Crippen LogP contribution in [0.25, 0.3) is 0 Å². The molecule has 1 radical (unpaired) electrons. The first-order chi connectivity index (χ1) is 17.4. The van der Waals surface area contributed by atoms with Crippen LogP contribution in [0.2, 0.25) is 13.1 Å². The molecule has 6 nitrogen and oxygen atoms in total. The number of hydrogen-bond acceptors (Lipinski definition) is 4. The first-order valence-electron chi connectivity index (χ1n) is 13.5. The van der Waals surface area contributed by atoms with E-state index in [0.29, 0.717) is 11.3 Å². The molecule has 1 amide bonds. The van der Waals surface area contributed by atoms with E-state index in [1.165, 1.54) is 72.9 Å². The number of aromatic carboxylic acids is 1. The summed E-state index contributed by atoms with van der Waals surface area (Å²) < 4.78 is 6.07. The maximum absolute atomic E-state index is 14.1. The number of carboxylic acids is 1. The number of rotatable bonds is 6. The van der Waals surface area contributed by atoms with Gasteiger partial charge >= 0.3 is 5.97 Å². The molecule has 6 rings (SSSR count). The van der Waals surface area contributed by atoms with Gasteiger partial charge in [0, 0.05) is 5.56 Å². The van der Waals surface area contributed by atoms with Crippen molar-refractivity contribution in [2.45, 2.75) is 83.2 Å². The highest BCUT2D eigenvalue weighted by Crippen LogP contribution is 2.61. The van der Waals surface area contributed by atoms with Crippen LogP contribution in [0.3, 0.4) is 0 Å². The highest BCUT2D eigenvalue weighted by Gasteiger charge is 2.52. The van der Waals surface area contributed by atoms with Gasteiger partial charge in [-0.25, -0.2) is 4.79 Å². The Labute approximate surface area is 221 Å². The van der Waals surface area contributed by atoms with E-state index in [1.807, 2.05) is 19.2 Å². The number of amides is 1. The smallest absolute Gasteiger partial charge is 0.335 e. The number of nitrogens with zero attached hydrogens (tertiary/aromatic N) is 1. The van der Waals surface area contributed by atoms with Crippen LogP contribution in [0, 0.1) is 17.8 Å². The molecule has 4 saturated carbocycles. The molecule has 0 saturated heterocycles. The van der Waals surface area contributed by atoms with Crippen molar-refractivity contribution in [1.29, 1.82) is 0 Å². The lowest BCUT2D eigenvalue weighted by atomic mass is 9.47. The zero-order valence-corrected chi connectivity index (χ0v) is 23.6. The highest BCUT2D eigenvalue weighted by atomic mass is 28.3. The molecule has 0 heterocycles. The van der Waals surface area contributed by atoms with E-state index < -0.39 is 15.0 Å². The minimum absolute atomic E-state index is 0.0420.